The van der Waals surface area contributed by atoms with Crippen LogP contribution in [0.4, 0.5) is 0 Å². The van der Waals surface area contributed by atoms with Crippen LogP contribution in [0.5, 0.6) is 5.75 Å². The van der Waals surface area contributed by atoms with Gasteiger partial charge in [-0.1, -0.05) is 30.3 Å². The molecule has 28 heavy (non-hydrogen) atoms. The zero-order valence-corrected chi connectivity index (χ0v) is 15.7. The molecule has 1 aliphatic heterocycles. The van der Waals surface area contributed by atoms with Crippen LogP contribution in [0.1, 0.15) is 15.9 Å². The average Bonchev–Trinajstić information content (AvgIpc) is 2.72. The molecule has 148 valence electrons. The number of amides is 2. The minimum Gasteiger partial charge on any atom is -0.484 e. The predicted molar refractivity (Wildman–Crippen MR) is 105 cm³/mol. The SMILES string of the molecule is NC(=O)c1ccc(OCC(=O)NC[C@@H]2CN(Cc3ccccc3)CCO2)cc1. The lowest BCUT2D eigenvalue weighted by atomic mass is 10.2. The largest absolute Gasteiger partial charge is 0.484 e. The molecule has 1 aliphatic rings. The fourth-order valence-electron chi connectivity index (χ4n) is 3.03. The third-order valence-electron chi connectivity index (χ3n) is 4.51. The van der Waals surface area contributed by atoms with Crippen LogP contribution >= 0.6 is 0 Å². The van der Waals surface area contributed by atoms with Gasteiger partial charge in [0.1, 0.15) is 5.75 Å². The average molecular weight is 383 g/mol. The smallest absolute Gasteiger partial charge is 0.258 e. The Morgan fingerprint density at radius 3 is 2.61 bits per heavy atom. The lowest BCUT2D eigenvalue weighted by molar-refractivity contribution is -0.124. The van der Waals surface area contributed by atoms with Crippen molar-refractivity contribution < 1.29 is 19.1 Å². The maximum absolute atomic E-state index is 12.0. The van der Waals surface area contributed by atoms with E-state index in [9.17, 15) is 9.59 Å². The quantitative estimate of drug-likeness (QED) is 0.714. The van der Waals surface area contributed by atoms with E-state index in [-0.39, 0.29) is 18.6 Å². The van der Waals surface area contributed by atoms with Gasteiger partial charge in [0.2, 0.25) is 5.91 Å². The minimum atomic E-state index is -0.502. The van der Waals surface area contributed by atoms with E-state index in [1.165, 1.54) is 5.56 Å². The van der Waals surface area contributed by atoms with E-state index in [0.717, 1.165) is 19.6 Å². The Balaban J connectivity index is 1.38. The van der Waals surface area contributed by atoms with Crippen LogP contribution < -0.4 is 15.8 Å². The van der Waals surface area contributed by atoms with Gasteiger partial charge in [0.15, 0.2) is 6.61 Å². The Morgan fingerprint density at radius 1 is 1.14 bits per heavy atom. The second kappa shape index (κ2) is 9.87. The Bertz CT molecular complexity index is 780. The number of rotatable bonds is 8. The maximum Gasteiger partial charge on any atom is 0.258 e. The van der Waals surface area contributed by atoms with Crippen LogP contribution in [0, 0.1) is 0 Å². The van der Waals surface area contributed by atoms with Gasteiger partial charge >= 0.3 is 0 Å². The second-order valence-electron chi connectivity index (χ2n) is 6.69. The Morgan fingerprint density at radius 2 is 1.89 bits per heavy atom. The molecule has 7 nitrogen and oxygen atoms in total. The summed E-state index contributed by atoms with van der Waals surface area (Å²) in [6.07, 6.45) is -0.0451. The van der Waals surface area contributed by atoms with Crippen molar-refractivity contribution in [1.82, 2.24) is 10.2 Å². The summed E-state index contributed by atoms with van der Waals surface area (Å²) in [7, 11) is 0. The van der Waals surface area contributed by atoms with Crippen molar-refractivity contribution in [3.05, 3.63) is 65.7 Å². The summed E-state index contributed by atoms with van der Waals surface area (Å²) in [6, 6.07) is 16.6. The summed E-state index contributed by atoms with van der Waals surface area (Å²) >= 11 is 0. The van der Waals surface area contributed by atoms with Crippen LogP contribution in [0.15, 0.2) is 54.6 Å². The van der Waals surface area contributed by atoms with Crippen LogP contribution in [0.3, 0.4) is 0 Å². The van der Waals surface area contributed by atoms with E-state index >= 15 is 0 Å². The molecule has 1 heterocycles. The molecule has 1 fully saturated rings. The highest BCUT2D eigenvalue weighted by atomic mass is 16.5. The molecule has 0 aliphatic carbocycles. The van der Waals surface area contributed by atoms with Crippen LogP contribution in [-0.4, -0.2) is 55.7 Å². The molecule has 7 heteroatoms. The summed E-state index contributed by atoms with van der Waals surface area (Å²) < 4.78 is 11.2. The van der Waals surface area contributed by atoms with Crippen LogP contribution in [0.2, 0.25) is 0 Å². The van der Waals surface area contributed by atoms with E-state index in [1.54, 1.807) is 24.3 Å². The van der Waals surface area contributed by atoms with Gasteiger partial charge in [0, 0.05) is 31.7 Å². The number of nitrogens with zero attached hydrogens (tertiary/aromatic N) is 1. The highest BCUT2D eigenvalue weighted by molar-refractivity contribution is 5.92. The van der Waals surface area contributed by atoms with Gasteiger partial charge in [0.25, 0.3) is 5.91 Å². The number of hydrogen-bond acceptors (Lipinski definition) is 5. The zero-order valence-electron chi connectivity index (χ0n) is 15.7. The summed E-state index contributed by atoms with van der Waals surface area (Å²) in [5.41, 5.74) is 6.85. The summed E-state index contributed by atoms with van der Waals surface area (Å²) in [5, 5.41) is 2.85. The molecule has 2 aromatic rings. The molecule has 0 radical (unpaired) electrons. The molecular formula is C21H25N3O4. The Labute approximate surface area is 164 Å². The van der Waals surface area contributed by atoms with Gasteiger partial charge < -0.3 is 20.5 Å². The molecular weight excluding hydrogens is 358 g/mol. The molecule has 3 N–H and O–H groups in total. The maximum atomic E-state index is 12.0. The van der Waals surface area contributed by atoms with E-state index in [1.807, 2.05) is 18.2 Å². The normalized spacial score (nSPS) is 17.1. The molecule has 1 atom stereocenters. The lowest BCUT2D eigenvalue weighted by Gasteiger charge is -2.33. The molecule has 0 spiro atoms. The fourth-order valence-corrected chi connectivity index (χ4v) is 3.03. The number of carbonyl (C=O) groups is 2. The highest BCUT2D eigenvalue weighted by Gasteiger charge is 2.21. The molecule has 1 saturated heterocycles. The van der Waals surface area contributed by atoms with Crippen molar-refractivity contribution in [2.75, 3.05) is 32.8 Å². The first-order valence-corrected chi connectivity index (χ1v) is 9.27. The van der Waals surface area contributed by atoms with E-state index < -0.39 is 5.91 Å². The van der Waals surface area contributed by atoms with Crippen molar-refractivity contribution in [2.24, 2.45) is 5.73 Å². The van der Waals surface area contributed by atoms with Crippen LogP contribution in [0.25, 0.3) is 0 Å². The Hall–Kier alpha value is -2.90. The second-order valence-corrected chi connectivity index (χ2v) is 6.69. The molecule has 3 rings (SSSR count). The van der Waals surface area contributed by atoms with Crippen molar-refractivity contribution in [3.63, 3.8) is 0 Å². The zero-order chi connectivity index (χ0) is 19.8. The standard InChI is InChI=1S/C21H25N3O4/c22-21(26)17-6-8-18(9-7-17)28-15-20(25)23-12-19-14-24(10-11-27-19)13-16-4-2-1-3-5-16/h1-9,19H,10-15H2,(H2,22,26)(H,23,25)/t19-/m1/s1. The number of primary amides is 1. The number of hydrogen-bond donors (Lipinski definition) is 2. The van der Waals surface area contributed by atoms with E-state index in [4.69, 9.17) is 15.2 Å². The van der Waals surface area contributed by atoms with Gasteiger partial charge in [-0.25, -0.2) is 0 Å². The first kappa shape index (κ1) is 19.9. The van der Waals surface area contributed by atoms with Gasteiger partial charge in [-0.3, -0.25) is 14.5 Å². The fraction of sp³-hybridized carbons (Fsp3) is 0.333. The van der Waals surface area contributed by atoms with Gasteiger partial charge in [-0.15, -0.1) is 0 Å². The molecule has 2 amide bonds. The molecule has 0 bridgehead atoms. The number of benzene rings is 2. The topological polar surface area (TPSA) is 93.9 Å². The van der Waals surface area contributed by atoms with Crippen molar-refractivity contribution in [1.29, 1.82) is 0 Å². The number of morpholine rings is 1. The number of nitrogens with two attached hydrogens (primary N) is 1. The molecule has 0 saturated carbocycles. The van der Waals surface area contributed by atoms with E-state index in [0.29, 0.717) is 24.5 Å². The predicted octanol–water partition coefficient (Wildman–Crippen LogP) is 1.18. The molecule has 0 aromatic heterocycles. The van der Waals surface area contributed by atoms with Gasteiger partial charge in [-0.05, 0) is 29.8 Å². The number of nitrogens with one attached hydrogen (secondary N) is 1. The molecule has 0 unspecified atom stereocenters. The first-order chi connectivity index (χ1) is 13.6. The summed E-state index contributed by atoms with van der Waals surface area (Å²) in [6.45, 7) is 3.51. The monoisotopic (exact) mass is 383 g/mol. The summed E-state index contributed by atoms with van der Waals surface area (Å²) in [5.74, 6) is -0.219. The highest BCUT2D eigenvalue weighted by Crippen LogP contribution is 2.12. The van der Waals surface area contributed by atoms with Crippen molar-refractivity contribution in [3.8, 4) is 5.75 Å². The van der Waals surface area contributed by atoms with Gasteiger partial charge in [-0.2, -0.15) is 0 Å². The van der Waals surface area contributed by atoms with Crippen molar-refractivity contribution in [2.45, 2.75) is 12.6 Å². The minimum absolute atomic E-state index is 0.0451. The molecule has 2 aromatic carbocycles. The third-order valence-corrected chi connectivity index (χ3v) is 4.51. The van der Waals surface area contributed by atoms with Crippen molar-refractivity contribution >= 4 is 11.8 Å². The lowest BCUT2D eigenvalue weighted by Crippen LogP contribution is -2.47. The Kier molecular flexibility index (Phi) is 7.00. The first-order valence-electron chi connectivity index (χ1n) is 9.27. The summed E-state index contributed by atoms with van der Waals surface area (Å²) in [4.78, 5) is 25.4. The number of carbonyl (C=O) groups excluding carboxylic acids is 2. The van der Waals surface area contributed by atoms with E-state index in [2.05, 4.69) is 22.3 Å². The van der Waals surface area contributed by atoms with Gasteiger partial charge in [0.05, 0.1) is 12.7 Å². The number of ether oxygens (including phenoxy) is 2. The van der Waals surface area contributed by atoms with Crippen LogP contribution in [-0.2, 0) is 16.1 Å². The third kappa shape index (κ3) is 6.07.